The maximum absolute atomic E-state index is 5.92. The number of rotatable bonds is 6. The minimum Gasteiger partial charge on any atom is -0.277 e. The zero-order chi connectivity index (χ0) is 73.1. The van der Waals surface area contributed by atoms with E-state index in [0.29, 0.717) is 11.9 Å². The molecule has 112 heavy (non-hydrogen) atoms. The standard InChI is InChI=1S/C104H60N6S2/c1-3-23-61(24-4-1)62-43-45-66(46-44-62)96-74-34-14-20-40-87(74)105-101(108-96)109-89-57-49-63-25-7-9-29-69(63)93(89)76-53-56-86-100(97(76)109)112-92-42-22-19-39-84(92)104(86)81-37-17-13-33-73(81)78-59-67(48-54-82(78)104)68-47-51-75-88(60-68)106-102(107-95(75)65-27-5-2-6-28-65)110-90-58-50-64-26-8-10-30-70(64)94(90)77-52-55-85-99(98(77)110)111-91-41-21-18-38-83(91)103(85)79-35-15-11-31-71(79)72-32-12-16-36-80(72)103/h1-60H. The van der Waals surface area contributed by atoms with Crippen molar-refractivity contribution in [3.63, 3.8) is 0 Å². The molecule has 17 aromatic carbocycles. The quantitative estimate of drug-likeness (QED) is 0.165. The van der Waals surface area contributed by atoms with Gasteiger partial charge in [0.15, 0.2) is 0 Å². The first kappa shape index (κ1) is 62.2. The number of hydrogen-bond acceptors (Lipinski definition) is 6. The Morgan fingerprint density at radius 2 is 0.607 bits per heavy atom. The Morgan fingerprint density at radius 1 is 0.232 bits per heavy atom. The summed E-state index contributed by atoms with van der Waals surface area (Å²) < 4.78 is 4.80. The molecule has 2 aliphatic heterocycles. The molecule has 4 aromatic heterocycles. The first-order chi connectivity index (χ1) is 55.5. The molecule has 21 aromatic rings. The van der Waals surface area contributed by atoms with Crippen LogP contribution in [0.15, 0.2) is 384 Å². The Bertz CT molecular complexity index is 7660. The molecule has 1 unspecified atom stereocenters. The highest BCUT2D eigenvalue weighted by molar-refractivity contribution is 8.00. The molecule has 2 aliphatic carbocycles. The molecule has 8 heteroatoms. The lowest BCUT2D eigenvalue weighted by Crippen LogP contribution is -2.32. The summed E-state index contributed by atoms with van der Waals surface area (Å²) in [5.74, 6) is 1.24. The van der Waals surface area contributed by atoms with Crippen LogP contribution >= 0.6 is 23.5 Å². The lowest BCUT2D eigenvalue weighted by Gasteiger charge is -2.40. The van der Waals surface area contributed by atoms with E-state index < -0.39 is 10.8 Å². The van der Waals surface area contributed by atoms with Crippen LogP contribution < -0.4 is 0 Å². The van der Waals surface area contributed by atoms with E-state index in [0.717, 1.165) is 88.5 Å². The van der Waals surface area contributed by atoms with Gasteiger partial charge in [0.25, 0.3) is 0 Å². The molecule has 0 saturated heterocycles. The van der Waals surface area contributed by atoms with Crippen molar-refractivity contribution in [1.29, 1.82) is 0 Å². The molecule has 0 bridgehead atoms. The molecule has 0 N–H and O–H groups in total. The summed E-state index contributed by atoms with van der Waals surface area (Å²) in [7, 11) is 0. The Labute approximate surface area is 652 Å². The van der Waals surface area contributed by atoms with Crippen molar-refractivity contribution >= 4 is 110 Å². The highest BCUT2D eigenvalue weighted by Gasteiger charge is 2.53. The SMILES string of the molecule is c1ccc(-c2ccc(-c3nc(-n4c5ccc6ccccc6c5c5ccc6c(c54)Sc4ccccc4C64c5ccccc5-c5cc(-c6ccc7c(-c8ccccc8)nc(-n8c9ccc%10ccccc%10c9c9ccc%10c(c98)Sc8ccccc8C%108c9ccccc9-c9ccccc98)nc7c6)ccc54)nc4ccccc34)cc2)cc1. The summed E-state index contributed by atoms with van der Waals surface area (Å²) in [5.41, 5.74) is 28.2. The smallest absolute Gasteiger partial charge is 0.235 e. The van der Waals surface area contributed by atoms with Gasteiger partial charge in [-0.05, 0) is 159 Å². The van der Waals surface area contributed by atoms with Crippen LogP contribution in [-0.2, 0) is 10.8 Å². The van der Waals surface area contributed by atoms with Gasteiger partial charge in [0.2, 0.25) is 11.9 Å². The van der Waals surface area contributed by atoms with Gasteiger partial charge in [-0.15, -0.1) is 0 Å². The third-order valence-corrected chi connectivity index (χ3v) is 27.1. The first-order valence-electron chi connectivity index (χ1n) is 38.3. The molecule has 6 heterocycles. The molecule has 518 valence electrons. The van der Waals surface area contributed by atoms with Gasteiger partial charge in [0.1, 0.15) is 0 Å². The van der Waals surface area contributed by atoms with Gasteiger partial charge in [-0.2, -0.15) is 0 Å². The van der Waals surface area contributed by atoms with E-state index in [9.17, 15) is 0 Å². The van der Waals surface area contributed by atoms with Crippen LogP contribution in [0.3, 0.4) is 0 Å². The molecule has 0 radical (unpaired) electrons. The molecule has 1 atom stereocenters. The second-order valence-corrected chi connectivity index (χ2v) is 32.2. The van der Waals surface area contributed by atoms with Gasteiger partial charge in [0.05, 0.1) is 55.3 Å². The first-order valence-corrected chi connectivity index (χ1v) is 40.0. The van der Waals surface area contributed by atoms with Crippen molar-refractivity contribution in [3.05, 3.63) is 408 Å². The molecule has 4 aliphatic rings. The highest BCUT2D eigenvalue weighted by atomic mass is 32.2. The van der Waals surface area contributed by atoms with E-state index in [1.165, 1.54) is 130 Å². The summed E-state index contributed by atoms with van der Waals surface area (Å²) in [6.07, 6.45) is 0. The Kier molecular flexibility index (Phi) is 13.0. The molecule has 6 nitrogen and oxygen atoms in total. The summed E-state index contributed by atoms with van der Waals surface area (Å²) in [6.45, 7) is 0. The van der Waals surface area contributed by atoms with Crippen molar-refractivity contribution in [2.24, 2.45) is 0 Å². The molecule has 25 rings (SSSR count). The second kappa shape index (κ2) is 23.4. The average molecular weight is 1460 g/mol. The number of nitrogens with zero attached hydrogens (tertiary/aromatic N) is 6. The minimum atomic E-state index is -0.720. The van der Waals surface area contributed by atoms with E-state index in [1.807, 2.05) is 23.5 Å². The summed E-state index contributed by atoms with van der Waals surface area (Å²) in [5, 5.41) is 11.4. The second-order valence-electron chi connectivity index (χ2n) is 30.1. The fourth-order valence-electron chi connectivity index (χ4n) is 20.1. The fourth-order valence-corrected chi connectivity index (χ4v) is 22.7. The molecular weight excluding hydrogens is 1400 g/mol. The van der Waals surface area contributed by atoms with Crippen LogP contribution in [0, 0.1) is 0 Å². The van der Waals surface area contributed by atoms with E-state index >= 15 is 0 Å². The van der Waals surface area contributed by atoms with Crippen LogP contribution in [-0.4, -0.2) is 29.1 Å². The van der Waals surface area contributed by atoms with Crippen molar-refractivity contribution in [1.82, 2.24) is 29.1 Å². The van der Waals surface area contributed by atoms with Crippen molar-refractivity contribution < 1.29 is 0 Å². The Morgan fingerprint density at radius 3 is 1.17 bits per heavy atom. The zero-order valence-corrected chi connectivity index (χ0v) is 61.8. The average Bonchev–Trinajstić information content (AvgIpc) is 1.50. The molecule has 2 spiro atoms. The van der Waals surface area contributed by atoms with Gasteiger partial charge in [0, 0.05) is 63.0 Å². The molecule has 0 amide bonds. The van der Waals surface area contributed by atoms with Gasteiger partial charge in [-0.1, -0.05) is 339 Å². The van der Waals surface area contributed by atoms with Crippen LogP contribution in [0.5, 0.6) is 0 Å². The van der Waals surface area contributed by atoms with Crippen molar-refractivity contribution in [2.75, 3.05) is 0 Å². The van der Waals surface area contributed by atoms with Crippen molar-refractivity contribution in [2.45, 2.75) is 30.4 Å². The third-order valence-electron chi connectivity index (χ3n) is 24.7. The lowest BCUT2D eigenvalue weighted by atomic mass is 9.67. The molecule has 0 saturated carbocycles. The van der Waals surface area contributed by atoms with Crippen LogP contribution in [0.25, 0.3) is 166 Å². The maximum Gasteiger partial charge on any atom is 0.235 e. The monoisotopic (exact) mass is 1460 g/mol. The van der Waals surface area contributed by atoms with E-state index in [1.54, 1.807) is 0 Å². The number of aromatic nitrogens is 6. The van der Waals surface area contributed by atoms with E-state index in [4.69, 9.17) is 19.9 Å². The predicted molar refractivity (Wildman–Crippen MR) is 461 cm³/mol. The summed E-state index contributed by atoms with van der Waals surface area (Å²) >= 11 is 3.75. The third kappa shape index (κ3) is 8.41. The topological polar surface area (TPSA) is 61.4 Å². The van der Waals surface area contributed by atoms with Crippen molar-refractivity contribution in [3.8, 4) is 78.9 Å². The summed E-state index contributed by atoms with van der Waals surface area (Å²) in [6, 6.07) is 135. The number of fused-ring (bicyclic) bond motifs is 32. The Hall–Kier alpha value is -13.8. The largest absolute Gasteiger partial charge is 0.277 e. The number of benzene rings is 17. The summed E-state index contributed by atoms with van der Waals surface area (Å²) in [4.78, 5) is 28.0. The lowest BCUT2D eigenvalue weighted by molar-refractivity contribution is 0.724. The van der Waals surface area contributed by atoms with E-state index in [-0.39, 0.29) is 0 Å². The predicted octanol–water partition coefficient (Wildman–Crippen LogP) is 26.4. The van der Waals surface area contributed by atoms with Crippen LogP contribution in [0.4, 0.5) is 0 Å². The fraction of sp³-hybridized carbons (Fsp3) is 0.0192. The maximum atomic E-state index is 5.92. The molecule has 0 fully saturated rings. The van der Waals surface area contributed by atoms with E-state index in [2.05, 4.69) is 373 Å². The molecular formula is C104H60N6S2. The van der Waals surface area contributed by atoms with Crippen LogP contribution in [0.1, 0.15) is 44.5 Å². The Balaban J connectivity index is 0.703. The normalized spacial score (nSPS) is 14.6. The number of para-hydroxylation sites is 1. The minimum absolute atomic E-state index is 0.588. The van der Waals surface area contributed by atoms with Gasteiger partial charge in [-0.3, -0.25) is 9.13 Å². The van der Waals surface area contributed by atoms with Gasteiger partial charge < -0.3 is 0 Å². The van der Waals surface area contributed by atoms with Crippen LogP contribution in [0.2, 0.25) is 0 Å². The highest BCUT2D eigenvalue weighted by Crippen LogP contribution is 2.66. The number of hydrogen-bond donors (Lipinski definition) is 0. The van der Waals surface area contributed by atoms with Gasteiger partial charge >= 0.3 is 0 Å². The van der Waals surface area contributed by atoms with Gasteiger partial charge in [-0.25, -0.2) is 19.9 Å². The zero-order valence-electron chi connectivity index (χ0n) is 60.1.